The molecule has 0 radical (unpaired) electrons. The Morgan fingerprint density at radius 1 is 0.960 bits per heavy atom. The molecular weight excluding hydrogens is 304 g/mol. The quantitative estimate of drug-likeness (QED) is 0.665. The molecule has 4 bridgehead atoms. The van der Waals surface area contributed by atoms with Gasteiger partial charge in [-0.2, -0.15) is 0 Å². The highest BCUT2D eigenvalue weighted by atomic mass is 15.2. The molecule has 5 atom stereocenters. The van der Waals surface area contributed by atoms with Gasteiger partial charge in [0.15, 0.2) is 0 Å². The summed E-state index contributed by atoms with van der Waals surface area (Å²) in [6.45, 7) is 17.2. The lowest BCUT2D eigenvalue weighted by molar-refractivity contribution is 0.0598. The SMILES string of the molecule is CN(CCN=C1CC2CCC1(C)C2(C)C)C1CC2CCC1(C)C2(C)C. The lowest BCUT2D eigenvalue weighted by Crippen LogP contribution is -2.46. The van der Waals surface area contributed by atoms with Crippen molar-refractivity contribution in [2.45, 2.75) is 86.1 Å². The molecule has 5 unspecified atom stereocenters. The normalized spacial score (nSPS) is 48.2. The predicted molar refractivity (Wildman–Crippen MR) is 107 cm³/mol. The van der Waals surface area contributed by atoms with Gasteiger partial charge in [0.25, 0.3) is 0 Å². The van der Waals surface area contributed by atoms with E-state index in [9.17, 15) is 0 Å². The molecule has 4 fully saturated rings. The molecule has 0 aromatic carbocycles. The molecule has 0 heterocycles. The molecule has 25 heavy (non-hydrogen) atoms. The van der Waals surface area contributed by atoms with E-state index in [1.54, 1.807) is 5.71 Å². The molecule has 0 saturated heterocycles. The zero-order chi connectivity index (χ0) is 18.3. The van der Waals surface area contributed by atoms with Crippen LogP contribution in [0.2, 0.25) is 0 Å². The Labute approximate surface area is 155 Å². The van der Waals surface area contributed by atoms with Gasteiger partial charge < -0.3 is 4.90 Å². The fourth-order valence-electron chi connectivity index (χ4n) is 7.49. The second-order valence-electron chi connectivity index (χ2n) is 11.4. The summed E-state index contributed by atoms with van der Waals surface area (Å²) in [5.74, 6) is 1.81. The standard InChI is InChI=1S/C23H40N2/c1-20(2)16-8-10-22(20,5)18(14-16)24-12-13-25(7)19-15-17-9-11-23(19,6)21(17,3)4/h16-17,19H,8-15H2,1-7H3. The Hall–Kier alpha value is -0.370. The van der Waals surface area contributed by atoms with Crippen LogP contribution in [0.3, 0.4) is 0 Å². The maximum Gasteiger partial charge on any atom is 0.0516 e. The molecule has 0 aromatic heterocycles. The Morgan fingerprint density at radius 2 is 1.64 bits per heavy atom. The number of hydrogen-bond acceptors (Lipinski definition) is 2. The molecule has 4 saturated carbocycles. The van der Waals surface area contributed by atoms with Crippen molar-refractivity contribution in [3.63, 3.8) is 0 Å². The Bertz CT molecular complexity index is 589. The highest BCUT2D eigenvalue weighted by Crippen LogP contribution is 2.66. The lowest BCUT2D eigenvalue weighted by Gasteiger charge is -2.43. The minimum absolute atomic E-state index is 0.372. The first-order chi connectivity index (χ1) is 11.5. The van der Waals surface area contributed by atoms with Gasteiger partial charge in [-0.25, -0.2) is 0 Å². The Balaban J connectivity index is 1.40. The van der Waals surface area contributed by atoms with Crippen molar-refractivity contribution < 1.29 is 0 Å². The molecular formula is C23H40N2. The van der Waals surface area contributed by atoms with Gasteiger partial charge >= 0.3 is 0 Å². The summed E-state index contributed by atoms with van der Waals surface area (Å²) in [6, 6.07) is 0.758. The van der Waals surface area contributed by atoms with Crippen LogP contribution in [0.1, 0.15) is 80.1 Å². The fraction of sp³-hybridized carbons (Fsp3) is 0.957. The maximum atomic E-state index is 5.18. The molecule has 0 N–H and O–H groups in total. The monoisotopic (exact) mass is 344 g/mol. The van der Waals surface area contributed by atoms with Crippen LogP contribution in [-0.2, 0) is 0 Å². The average Bonchev–Trinajstić information content (AvgIpc) is 3.05. The minimum Gasteiger partial charge on any atom is -0.301 e. The van der Waals surface area contributed by atoms with Gasteiger partial charge in [0.1, 0.15) is 0 Å². The van der Waals surface area contributed by atoms with Crippen molar-refractivity contribution in [1.82, 2.24) is 4.90 Å². The summed E-state index contributed by atoms with van der Waals surface area (Å²) in [5.41, 5.74) is 3.39. The molecule has 4 aliphatic rings. The van der Waals surface area contributed by atoms with Crippen molar-refractivity contribution >= 4 is 5.71 Å². The van der Waals surface area contributed by atoms with Crippen LogP contribution in [0.25, 0.3) is 0 Å². The third-order valence-electron chi connectivity index (χ3n) is 10.5. The van der Waals surface area contributed by atoms with Crippen LogP contribution in [-0.4, -0.2) is 36.8 Å². The van der Waals surface area contributed by atoms with Gasteiger partial charge in [0.2, 0.25) is 0 Å². The lowest BCUT2D eigenvalue weighted by atomic mass is 9.69. The summed E-state index contributed by atoms with van der Waals surface area (Å²) >= 11 is 0. The molecule has 2 heteroatoms. The average molecular weight is 345 g/mol. The molecule has 142 valence electrons. The van der Waals surface area contributed by atoms with Crippen molar-refractivity contribution in [2.24, 2.45) is 38.5 Å². The van der Waals surface area contributed by atoms with Gasteiger partial charge in [-0.3, -0.25) is 4.99 Å². The van der Waals surface area contributed by atoms with Crippen LogP contribution >= 0.6 is 0 Å². The van der Waals surface area contributed by atoms with Gasteiger partial charge in [-0.15, -0.1) is 0 Å². The number of likely N-dealkylation sites (N-methyl/N-ethyl adjacent to an activating group) is 1. The van der Waals surface area contributed by atoms with Crippen LogP contribution < -0.4 is 0 Å². The van der Waals surface area contributed by atoms with E-state index in [-0.39, 0.29) is 0 Å². The molecule has 4 aliphatic carbocycles. The van der Waals surface area contributed by atoms with Crippen molar-refractivity contribution in [1.29, 1.82) is 0 Å². The third-order valence-corrected chi connectivity index (χ3v) is 10.5. The van der Waals surface area contributed by atoms with Gasteiger partial charge in [0.05, 0.1) is 6.54 Å². The van der Waals surface area contributed by atoms with E-state index in [1.165, 1.54) is 38.5 Å². The molecule has 0 aromatic rings. The van der Waals surface area contributed by atoms with E-state index in [4.69, 9.17) is 4.99 Å². The summed E-state index contributed by atoms with van der Waals surface area (Å²) in [7, 11) is 2.36. The maximum absolute atomic E-state index is 5.18. The largest absolute Gasteiger partial charge is 0.301 e. The summed E-state index contributed by atoms with van der Waals surface area (Å²) in [5, 5.41) is 0. The first-order valence-electron chi connectivity index (χ1n) is 10.8. The summed E-state index contributed by atoms with van der Waals surface area (Å²) in [4.78, 5) is 7.84. The topological polar surface area (TPSA) is 15.6 Å². The van der Waals surface area contributed by atoms with E-state index < -0.39 is 0 Å². The summed E-state index contributed by atoms with van der Waals surface area (Å²) in [6.07, 6.45) is 8.31. The van der Waals surface area contributed by atoms with Crippen LogP contribution in [0.15, 0.2) is 4.99 Å². The van der Waals surface area contributed by atoms with E-state index in [0.717, 1.165) is 31.0 Å². The number of nitrogens with zero attached hydrogens (tertiary/aromatic N) is 2. The molecule has 2 nitrogen and oxygen atoms in total. The third kappa shape index (κ3) is 2.15. The Kier molecular flexibility index (Phi) is 3.84. The Morgan fingerprint density at radius 3 is 2.12 bits per heavy atom. The van der Waals surface area contributed by atoms with E-state index in [0.29, 0.717) is 21.7 Å². The van der Waals surface area contributed by atoms with Crippen LogP contribution in [0.5, 0.6) is 0 Å². The van der Waals surface area contributed by atoms with Gasteiger partial charge in [-0.1, -0.05) is 41.5 Å². The van der Waals surface area contributed by atoms with Crippen molar-refractivity contribution in [2.75, 3.05) is 20.1 Å². The molecule has 0 spiro atoms. The summed E-state index contributed by atoms with van der Waals surface area (Å²) < 4.78 is 0. The van der Waals surface area contributed by atoms with E-state index >= 15 is 0 Å². The highest BCUT2D eigenvalue weighted by Gasteiger charge is 2.62. The van der Waals surface area contributed by atoms with Crippen molar-refractivity contribution in [3.8, 4) is 0 Å². The molecule has 0 amide bonds. The number of fused-ring (bicyclic) bond motifs is 4. The second-order valence-corrected chi connectivity index (χ2v) is 11.4. The van der Waals surface area contributed by atoms with Crippen molar-refractivity contribution in [3.05, 3.63) is 0 Å². The van der Waals surface area contributed by atoms with Gasteiger partial charge in [0, 0.05) is 23.7 Å². The van der Waals surface area contributed by atoms with Gasteiger partial charge in [-0.05, 0) is 73.7 Å². The first-order valence-corrected chi connectivity index (χ1v) is 10.8. The van der Waals surface area contributed by atoms with Crippen LogP contribution in [0.4, 0.5) is 0 Å². The van der Waals surface area contributed by atoms with Crippen LogP contribution in [0, 0.1) is 33.5 Å². The number of rotatable bonds is 4. The molecule has 0 aliphatic heterocycles. The first kappa shape index (κ1) is 18.0. The smallest absolute Gasteiger partial charge is 0.0516 e. The highest BCUT2D eigenvalue weighted by molar-refractivity contribution is 5.94. The minimum atomic E-state index is 0.372. The zero-order valence-electron chi connectivity index (χ0n) is 17.8. The number of aliphatic imine (C=N–C) groups is 1. The number of hydrogen-bond donors (Lipinski definition) is 0. The second kappa shape index (κ2) is 5.33. The fourth-order valence-corrected chi connectivity index (χ4v) is 7.49. The van der Waals surface area contributed by atoms with E-state index in [2.05, 4.69) is 53.5 Å². The van der Waals surface area contributed by atoms with E-state index in [1.807, 2.05) is 0 Å². The molecule has 4 rings (SSSR count). The predicted octanol–water partition coefficient (Wildman–Crippen LogP) is 5.42. The zero-order valence-corrected chi connectivity index (χ0v) is 17.8.